The number of hydrogen-bond donors (Lipinski definition) is 1. The molecule has 0 bridgehead atoms. The second kappa shape index (κ2) is 7.61. The van der Waals surface area contributed by atoms with Crippen molar-refractivity contribution in [2.24, 2.45) is 5.10 Å². The van der Waals surface area contributed by atoms with E-state index in [1.54, 1.807) is 43.5 Å². The summed E-state index contributed by atoms with van der Waals surface area (Å²) in [6, 6.07) is 9.88. The third kappa shape index (κ3) is 4.06. The first-order chi connectivity index (χ1) is 13.0. The number of rotatable bonds is 5. The van der Waals surface area contributed by atoms with Crippen LogP contribution in [0.5, 0.6) is 0 Å². The highest BCUT2D eigenvalue weighted by Gasteiger charge is 2.16. The molecular weight excluding hydrogens is 348 g/mol. The van der Waals surface area contributed by atoms with Gasteiger partial charge in [-0.2, -0.15) is 5.10 Å². The predicted octanol–water partition coefficient (Wildman–Crippen LogP) is 3.63. The van der Waals surface area contributed by atoms with Crippen molar-refractivity contribution in [3.8, 4) is 11.3 Å². The number of nitrogens with zero attached hydrogens (tertiary/aromatic N) is 3. The van der Waals surface area contributed by atoms with Gasteiger partial charge in [0.15, 0.2) is 0 Å². The van der Waals surface area contributed by atoms with E-state index in [9.17, 15) is 14.9 Å². The zero-order chi connectivity index (χ0) is 19.4. The molecule has 0 unspecified atom stereocenters. The molecule has 0 aliphatic heterocycles. The van der Waals surface area contributed by atoms with Gasteiger partial charge >= 0.3 is 0 Å². The lowest BCUT2D eigenvalue weighted by molar-refractivity contribution is -0.385. The molecule has 0 saturated heterocycles. The Morgan fingerprint density at radius 3 is 2.78 bits per heavy atom. The lowest BCUT2D eigenvalue weighted by Crippen LogP contribution is -2.17. The van der Waals surface area contributed by atoms with E-state index in [1.165, 1.54) is 18.5 Å². The zero-order valence-corrected chi connectivity index (χ0v) is 14.7. The van der Waals surface area contributed by atoms with Gasteiger partial charge in [0.25, 0.3) is 11.6 Å². The first-order valence-electron chi connectivity index (χ1n) is 8.05. The van der Waals surface area contributed by atoms with Crippen molar-refractivity contribution in [1.82, 2.24) is 10.4 Å². The highest BCUT2D eigenvalue weighted by Crippen LogP contribution is 2.31. The maximum atomic E-state index is 11.9. The van der Waals surface area contributed by atoms with Crippen LogP contribution in [0, 0.1) is 24.0 Å². The van der Waals surface area contributed by atoms with Crippen LogP contribution in [-0.4, -0.2) is 22.0 Å². The van der Waals surface area contributed by atoms with Crippen LogP contribution in [0.25, 0.3) is 11.3 Å². The molecule has 0 radical (unpaired) electrons. The van der Waals surface area contributed by atoms with Crippen LogP contribution in [0.2, 0.25) is 0 Å². The van der Waals surface area contributed by atoms with Gasteiger partial charge in [-0.25, -0.2) is 5.43 Å². The maximum Gasteiger partial charge on any atom is 0.273 e. The van der Waals surface area contributed by atoms with Crippen LogP contribution in [-0.2, 0) is 0 Å². The number of pyridine rings is 1. The van der Waals surface area contributed by atoms with E-state index in [1.807, 2.05) is 6.92 Å². The van der Waals surface area contributed by atoms with Crippen LogP contribution in [0.3, 0.4) is 0 Å². The molecule has 8 nitrogen and oxygen atoms in total. The Kier molecular flexibility index (Phi) is 5.07. The van der Waals surface area contributed by atoms with Crippen molar-refractivity contribution in [3.05, 3.63) is 81.4 Å². The number of aryl methyl sites for hydroxylation is 2. The van der Waals surface area contributed by atoms with Gasteiger partial charge in [-0.05, 0) is 49.7 Å². The van der Waals surface area contributed by atoms with Gasteiger partial charge in [-0.1, -0.05) is 0 Å². The Labute approximate surface area is 154 Å². The quantitative estimate of drug-likeness (QED) is 0.422. The Hall–Kier alpha value is -3.81. The number of nitro benzene ring substituents is 1. The fourth-order valence-corrected chi connectivity index (χ4v) is 2.59. The lowest BCUT2D eigenvalue weighted by atomic mass is 10.0. The van der Waals surface area contributed by atoms with Gasteiger partial charge in [0.1, 0.15) is 11.5 Å². The number of carbonyl (C=O) groups is 1. The molecule has 1 aromatic carbocycles. The predicted molar refractivity (Wildman–Crippen MR) is 99.6 cm³/mol. The molecule has 27 heavy (non-hydrogen) atoms. The molecule has 0 saturated carbocycles. The molecule has 136 valence electrons. The molecule has 8 heteroatoms. The summed E-state index contributed by atoms with van der Waals surface area (Å²) in [5.41, 5.74) is 4.88. The van der Waals surface area contributed by atoms with Crippen molar-refractivity contribution in [2.75, 3.05) is 0 Å². The average molecular weight is 364 g/mol. The summed E-state index contributed by atoms with van der Waals surface area (Å²) in [6.45, 7) is 3.55. The summed E-state index contributed by atoms with van der Waals surface area (Å²) < 4.78 is 5.68. The Morgan fingerprint density at radius 1 is 1.26 bits per heavy atom. The summed E-state index contributed by atoms with van der Waals surface area (Å²) in [5, 5.41) is 15.0. The smallest absolute Gasteiger partial charge is 0.273 e. The van der Waals surface area contributed by atoms with Crippen LogP contribution in [0.1, 0.15) is 27.2 Å². The Morgan fingerprint density at radius 2 is 2.07 bits per heavy atom. The van der Waals surface area contributed by atoms with E-state index in [4.69, 9.17) is 4.42 Å². The number of aromatic nitrogens is 1. The van der Waals surface area contributed by atoms with Gasteiger partial charge < -0.3 is 4.42 Å². The van der Waals surface area contributed by atoms with Gasteiger partial charge in [0, 0.05) is 29.6 Å². The first-order valence-corrected chi connectivity index (χ1v) is 8.05. The summed E-state index contributed by atoms with van der Waals surface area (Å²) in [7, 11) is 0. The third-order valence-corrected chi connectivity index (χ3v) is 3.91. The van der Waals surface area contributed by atoms with E-state index >= 15 is 0 Å². The van der Waals surface area contributed by atoms with Crippen molar-refractivity contribution >= 4 is 17.8 Å². The summed E-state index contributed by atoms with van der Waals surface area (Å²) in [5.74, 6) is 0.492. The fraction of sp³-hybridized carbons (Fsp3) is 0.105. The summed E-state index contributed by atoms with van der Waals surface area (Å²) >= 11 is 0. The average Bonchev–Trinajstić information content (AvgIpc) is 3.10. The monoisotopic (exact) mass is 364 g/mol. The number of hydrogen-bond acceptors (Lipinski definition) is 6. The molecule has 0 aliphatic rings. The minimum absolute atomic E-state index is 0.0333. The van der Waals surface area contributed by atoms with E-state index in [0.29, 0.717) is 28.2 Å². The largest absolute Gasteiger partial charge is 0.455 e. The van der Waals surface area contributed by atoms with Crippen LogP contribution >= 0.6 is 0 Å². The second-order valence-corrected chi connectivity index (χ2v) is 5.85. The minimum atomic E-state index is -0.419. The molecule has 3 aromatic rings. The van der Waals surface area contributed by atoms with E-state index in [2.05, 4.69) is 15.5 Å². The molecule has 1 amide bonds. The Bertz CT molecular complexity index is 1030. The zero-order valence-electron chi connectivity index (χ0n) is 14.7. The second-order valence-electron chi connectivity index (χ2n) is 5.85. The number of hydrazone groups is 1. The number of furan rings is 1. The van der Waals surface area contributed by atoms with E-state index in [0.717, 1.165) is 5.56 Å². The number of carbonyl (C=O) groups excluding carboxylic acids is 1. The van der Waals surface area contributed by atoms with Crippen molar-refractivity contribution in [2.45, 2.75) is 13.8 Å². The minimum Gasteiger partial charge on any atom is -0.455 e. The van der Waals surface area contributed by atoms with Crippen molar-refractivity contribution < 1.29 is 14.1 Å². The molecule has 1 N–H and O–H groups in total. The Balaban J connectivity index is 1.76. The van der Waals surface area contributed by atoms with Crippen LogP contribution in [0.15, 0.2) is 58.3 Å². The lowest BCUT2D eigenvalue weighted by Gasteiger charge is -2.05. The SMILES string of the molecule is Cc1cc(C)c([N+](=O)[O-])cc1-c1ccc(/C=N\NC(=O)c2cccnc2)o1. The van der Waals surface area contributed by atoms with E-state index in [-0.39, 0.29) is 5.69 Å². The fourth-order valence-electron chi connectivity index (χ4n) is 2.59. The summed E-state index contributed by atoms with van der Waals surface area (Å²) in [6.07, 6.45) is 4.36. The first kappa shape index (κ1) is 18.0. The highest BCUT2D eigenvalue weighted by atomic mass is 16.6. The topological polar surface area (TPSA) is 111 Å². The maximum absolute atomic E-state index is 11.9. The molecule has 0 fully saturated rings. The molecule has 0 spiro atoms. The van der Waals surface area contributed by atoms with E-state index < -0.39 is 10.8 Å². The number of amides is 1. The van der Waals surface area contributed by atoms with Gasteiger partial charge in [0.05, 0.1) is 16.7 Å². The molecule has 0 atom stereocenters. The molecule has 2 aromatic heterocycles. The standard InChI is InChI=1S/C19H16N4O4/c1-12-8-13(2)17(23(25)26)9-16(12)18-6-5-15(27-18)11-21-22-19(24)14-4-3-7-20-10-14/h3-11H,1-2H3,(H,22,24)/b21-11-. The molecule has 2 heterocycles. The summed E-state index contributed by atoms with van der Waals surface area (Å²) in [4.78, 5) is 26.5. The number of nitrogens with one attached hydrogen (secondary N) is 1. The number of nitro groups is 1. The van der Waals surface area contributed by atoms with Crippen LogP contribution < -0.4 is 5.43 Å². The van der Waals surface area contributed by atoms with Crippen molar-refractivity contribution in [3.63, 3.8) is 0 Å². The molecule has 0 aliphatic carbocycles. The van der Waals surface area contributed by atoms with Gasteiger partial charge in [0.2, 0.25) is 0 Å². The normalized spacial score (nSPS) is 10.9. The van der Waals surface area contributed by atoms with Gasteiger partial charge in [-0.3, -0.25) is 19.9 Å². The highest BCUT2D eigenvalue weighted by molar-refractivity contribution is 5.94. The molecule has 3 rings (SSSR count). The van der Waals surface area contributed by atoms with Crippen molar-refractivity contribution in [1.29, 1.82) is 0 Å². The van der Waals surface area contributed by atoms with Crippen LogP contribution in [0.4, 0.5) is 5.69 Å². The van der Waals surface area contributed by atoms with Gasteiger partial charge in [-0.15, -0.1) is 0 Å². The third-order valence-electron chi connectivity index (χ3n) is 3.91. The number of benzene rings is 1. The molecular formula is C19H16N4O4.